The van der Waals surface area contributed by atoms with Crippen molar-refractivity contribution in [1.82, 2.24) is 15.0 Å². The molecule has 3 aromatic rings. The normalized spacial score (nSPS) is 10.4. The lowest BCUT2D eigenvalue weighted by atomic mass is 10.2. The second-order valence-corrected chi connectivity index (χ2v) is 5.38. The number of aliphatic hydroxyl groups excluding tert-OH is 1. The third kappa shape index (κ3) is 4.50. The fraction of sp³-hybridized carbons (Fsp3) is 0.118. The summed E-state index contributed by atoms with van der Waals surface area (Å²) in [7, 11) is 0. The largest absolute Gasteiger partial charge is 0.395 e. The van der Waals surface area contributed by atoms with Gasteiger partial charge in [0.25, 0.3) is 0 Å². The highest BCUT2D eigenvalue weighted by atomic mass is 19.1. The summed E-state index contributed by atoms with van der Waals surface area (Å²) in [6.45, 7) is 0.136. The first-order chi connectivity index (χ1) is 13.1. The van der Waals surface area contributed by atoms with Gasteiger partial charge in [-0.05, 0) is 24.3 Å². The highest BCUT2D eigenvalue weighted by Crippen LogP contribution is 2.26. The van der Waals surface area contributed by atoms with E-state index in [1.165, 1.54) is 6.07 Å². The number of nitro groups is 1. The van der Waals surface area contributed by atoms with E-state index >= 15 is 0 Å². The Kier molecular flexibility index (Phi) is 5.47. The van der Waals surface area contributed by atoms with Crippen LogP contribution in [0.25, 0.3) is 11.4 Å². The van der Waals surface area contributed by atoms with Crippen LogP contribution in [0, 0.1) is 15.9 Å². The van der Waals surface area contributed by atoms with E-state index in [0.717, 1.165) is 12.1 Å². The van der Waals surface area contributed by atoms with Crippen molar-refractivity contribution in [2.45, 2.75) is 0 Å². The molecule has 9 nitrogen and oxygen atoms in total. The molecule has 0 aliphatic rings. The van der Waals surface area contributed by atoms with Gasteiger partial charge in [0.05, 0.1) is 22.9 Å². The minimum atomic E-state index is -0.923. The summed E-state index contributed by atoms with van der Waals surface area (Å²) in [5.74, 6) is -0.356. The first-order valence-corrected chi connectivity index (χ1v) is 7.93. The molecule has 0 spiro atoms. The molecule has 0 unspecified atom stereocenters. The molecule has 3 N–H and O–H groups in total. The van der Waals surface area contributed by atoms with E-state index in [1.807, 2.05) is 6.07 Å². The zero-order chi connectivity index (χ0) is 19.2. The zero-order valence-electron chi connectivity index (χ0n) is 14.0. The molecule has 27 heavy (non-hydrogen) atoms. The fourth-order valence-corrected chi connectivity index (χ4v) is 2.28. The fourth-order valence-electron chi connectivity index (χ4n) is 2.28. The number of aromatic nitrogens is 3. The second kappa shape index (κ2) is 8.15. The standard InChI is InChI=1S/C17H15FN6O3/c18-12-5-4-11(9-15(12)24(26)27)21-16-10-14(13-3-1-2-6-19-13)22-17(23-16)20-7-8-25/h1-6,9-10,25H,7-8H2,(H2,20,21,22,23). The third-order valence-electron chi connectivity index (χ3n) is 3.46. The van der Waals surface area contributed by atoms with Gasteiger partial charge in [-0.15, -0.1) is 0 Å². The maximum atomic E-state index is 13.5. The number of hydrogen-bond donors (Lipinski definition) is 3. The van der Waals surface area contributed by atoms with Gasteiger partial charge in [0.2, 0.25) is 11.8 Å². The summed E-state index contributed by atoms with van der Waals surface area (Å²) in [4.78, 5) is 22.9. The number of nitrogens with zero attached hydrogens (tertiary/aromatic N) is 4. The minimum absolute atomic E-state index is 0.107. The van der Waals surface area contributed by atoms with Crippen LogP contribution in [0.4, 0.5) is 27.5 Å². The van der Waals surface area contributed by atoms with Gasteiger partial charge < -0.3 is 15.7 Å². The van der Waals surface area contributed by atoms with Crippen molar-refractivity contribution in [2.75, 3.05) is 23.8 Å². The Labute approximate surface area is 153 Å². The maximum Gasteiger partial charge on any atom is 0.306 e. The third-order valence-corrected chi connectivity index (χ3v) is 3.46. The summed E-state index contributed by atoms with van der Waals surface area (Å²) in [5.41, 5.74) is 0.754. The van der Waals surface area contributed by atoms with Gasteiger partial charge in [-0.2, -0.15) is 9.37 Å². The van der Waals surface area contributed by atoms with E-state index < -0.39 is 16.4 Å². The van der Waals surface area contributed by atoms with E-state index in [4.69, 9.17) is 5.11 Å². The predicted molar refractivity (Wildman–Crippen MR) is 97.2 cm³/mol. The Hall–Kier alpha value is -3.66. The molecule has 2 heterocycles. The van der Waals surface area contributed by atoms with Gasteiger partial charge in [-0.3, -0.25) is 15.1 Å². The Morgan fingerprint density at radius 3 is 2.70 bits per heavy atom. The van der Waals surface area contributed by atoms with Gasteiger partial charge in [-0.25, -0.2) is 4.98 Å². The van der Waals surface area contributed by atoms with Crippen LogP contribution in [0.1, 0.15) is 0 Å². The molecule has 0 radical (unpaired) electrons. The van der Waals surface area contributed by atoms with Crippen molar-refractivity contribution in [3.8, 4) is 11.4 Å². The van der Waals surface area contributed by atoms with E-state index in [9.17, 15) is 14.5 Å². The smallest absolute Gasteiger partial charge is 0.306 e. The molecule has 3 rings (SSSR count). The first kappa shape index (κ1) is 18.1. The van der Waals surface area contributed by atoms with Gasteiger partial charge in [0.15, 0.2) is 0 Å². The highest BCUT2D eigenvalue weighted by Gasteiger charge is 2.15. The van der Waals surface area contributed by atoms with E-state index in [2.05, 4.69) is 25.6 Å². The minimum Gasteiger partial charge on any atom is -0.395 e. The van der Waals surface area contributed by atoms with Crippen LogP contribution in [0.5, 0.6) is 0 Å². The van der Waals surface area contributed by atoms with Crippen molar-refractivity contribution in [3.05, 3.63) is 64.6 Å². The summed E-state index contributed by atoms with van der Waals surface area (Å²) in [6, 6.07) is 10.4. The lowest BCUT2D eigenvalue weighted by molar-refractivity contribution is -0.387. The Morgan fingerprint density at radius 2 is 2.00 bits per heavy atom. The summed E-state index contributed by atoms with van der Waals surface area (Å²) in [5, 5.41) is 25.7. The molecular weight excluding hydrogens is 355 g/mol. The lowest BCUT2D eigenvalue weighted by Crippen LogP contribution is -2.10. The highest BCUT2D eigenvalue weighted by molar-refractivity contribution is 5.66. The number of pyridine rings is 1. The van der Waals surface area contributed by atoms with Gasteiger partial charge in [0, 0.05) is 30.6 Å². The lowest BCUT2D eigenvalue weighted by Gasteiger charge is -2.11. The number of nitrogens with one attached hydrogen (secondary N) is 2. The molecule has 0 saturated carbocycles. The number of aliphatic hydroxyl groups is 1. The van der Waals surface area contributed by atoms with Gasteiger partial charge in [0.1, 0.15) is 5.82 Å². The van der Waals surface area contributed by atoms with Crippen LogP contribution < -0.4 is 10.6 Å². The Morgan fingerprint density at radius 1 is 1.15 bits per heavy atom. The van der Waals surface area contributed by atoms with Crippen molar-refractivity contribution in [2.24, 2.45) is 0 Å². The predicted octanol–water partition coefficient (Wildman–Crippen LogP) is 2.73. The number of hydrogen-bond acceptors (Lipinski definition) is 8. The van der Waals surface area contributed by atoms with Crippen molar-refractivity contribution >= 4 is 23.1 Å². The molecule has 0 fully saturated rings. The molecule has 0 amide bonds. The number of benzene rings is 1. The van der Waals surface area contributed by atoms with Crippen LogP contribution in [-0.2, 0) is 0 Å². The second-order valence-electron chi connectivity index (χ2n) is 5.38. The molecule has 0 saturated heterocycles. The first-order valence-electron chi connectivity index (χ1n) is 7.93. The van der Waals surface area contributed by atoms with Crippen LogP contribution in [0.3, 0.4) is 0 Å². The van der Waals surface area contributed by atoms with Crippen molar-refractivity contribution in [1.29, 1.82) is 0 Å². The molecule has 10 heteroatoms. The van der Waals surface area contributed by atoms with E-state index in [-0.39, 0.29) is 19.1 Å². The summed E-state index contributed by atoms with van der Waals surface area (Å²) < 4.78 is 13.5. The Bertz CT molecular complexity index is 955. The number of halogens is 1. The van der Waals surface area contributed by atoms with Gasteiger partial charge in [-0.1, -0.05) is 6.07 Å². The molecule has 2 aromatic heterocycles. The number of anilines is 3. The molecule has 0 aliphatic heterocycles. The average Bonchev–Trinajstić information content (AvgIpc) is 2.68. The molecule has 0 aliphatic carbocycles. The maximum absolute atomic E-state index is 13.5. The van der Waals surface area contributed by atoms with Crippen LogP contribution in [0.2, 0.25) is 0 Å². The molecule has 0 bridgehead atoms. The van der Waals surface area contributed by atoms with E-state index in [1.54, 1.807) is 24.4 Å². The topological polar surface area (TPSA) is 126 Å². The van der Waals surface area contributed by atoms with E-state index in [0.29, 0.717) is 22.9 Å². The zero-order valence-corrected chi connectivity index (χ0v) is 14.0. The van der Waals surface area contributed by atoms with Gasteiger partial charge >= 0.3 is 5.69 Å². The average molecular weight is 370 g/mol. The molecule has 138 valence electrons. The van der Waals surface area contributed by atoms with Crippen LogP contribution in [0.15, 0.2) is 48.7 Å². The SMILES string of the molecule is O=[N+]([O-])c1cc(Nc2cc(-c3ccccn3)nc(NCCO)n2)ccc1F. The van der Waals surface area contributed by atoms with Crippen LogP contribution >= 0.6 is 0 Å². The molecule has 0 atom stereocenters. The number of nitro benzene ring substituents is 1. The summed E-state index contributed by atoms with van der Waals surface area (Å²) in [6.07, 6.45) is 1.62. The quantitative estimate of drug-likeness (QED) is 0.428. The summed E-state index contributed by atoms with van der Waals surface area (Å²) >= 11 is 0. The number of rotatable bonds is 7. The van der Waals surface area contributed by atoms with Crippen molar-refractivity contribution < 1.29 is 14.4 Å². The monoisotopic (exact) mass is 370 g/mol. The van der Waals surface area contributed by atoms with Crippen LogP contribution in [-0.4, -0.2) is 38.1 Å². The Balaban J connectivity index is 1.96. The molecule has 1 aromatic carbocycles. The molecular formula is C17H15FN6O3. The van der Waals surface area contributed by atoms with Crippen molar-refractivity contribution in [3.63, 3.8) is 0 Å².